The Morgan fingerprint density at radius 1 is 1.09 bits per heavy atom. The molecule has 0 amide bonds. The number of ether oxygens (including phenoxy) is 1. The second-order valence-corrected chi connectivity index (χ2v) is 6.21. The quantitative estimate of drug-likeness (QED) is 0.690. The van der Waals surface area contributed by atoms with Crippen LogP contribution in [0, 0.1) is 6.92 Å². The lowest BCUT2D eigenvalue weighted by Crippen LogP contribution is -1.92. The van der Waals surface area contributed by atoms with Crippen LogP contribution < -0.4 is 4.74 Å². The Labute approximate surface area is 130 Å². The summed E-state index contributed by atoms with van der Waals surface area (Å²) in [6.07, 6.45) is 6.49. The van der Waals surface area contributed by atoms with Crippen molar-refractivity contribution in [2.75, 3.05) is 7.11 Å². The lowest BCUT2D eigenvalue weighted by atomic mass is 10.00. The first-order valence-electron chi connectivity index (χ1n) is 7.90. The van der Waals surface area contributed by atoms with E-state index >= 15 is 0 Å². The summed E-state index contributed by atoms with van der Waals surface area (Å²) in [4.78, 5) is 0. The normalized spacial score (nSPS) is 13.5. The Hall–Kier alpha value is -2.22. The molecule has 2 heteroatoms. The summed E-state index contributed by atoms with van der Waals surface area (Å²) in [5.74, 6) is 0.943. The molecule has 1 aromatic heterocycles. The standard InChI is InChI=1S/C20H20O2/c1-13-8-14(6-7-19(13)21-2)9-17-12-22-20-11-16-5-3-4-15(16)10-18(17)20/h6-8,10-12H,3-5,9H2,1-2H3. The molecule has 0 atom stereocenters. The summed E-state index contributed by atoms with van der Waals surface area (Å²) < 4.78 is 11.1. The minimum absolute atomic E-state index is 0.899. The fourth-order valence-corrected chi connectivity index (χ4v) is 3.56. The van der Waals surface area contributed by atoms with Crippen molar-refractivity contribution in [3.05, 3.63) is 64.4 Å². The summed E-state index contributed by atoms with van der Waals surface area (Å²) in [5.41, 5.74) is 7.74. The van der Waals surface area contributed by atoms with Gasteiger partial charge in [0.2, 0.25) is 0 Å². The van der Waals surface area contributed by atoms with Gasteiger partial charge in [0, 0.05) is 17.4 Å². The van der Waals surface area contributed by atoms with Crippen LogP contribution in [0.25, 0.3) is 11.0 Å². The number of rotatable bonds is 3. The summed E-state index contributed by atoms with van der Waals surface area (Å²) in [6, 6.07) is 11.0. The Morgan fingerprint density at radius 2 is 1.91 bits per heavy atom. The highest BCUT2D eigenvalue weighted by Gasteiger charge is 2.15. The van der Waals surface area contributed by atoms with E-state index in [2.05, 4.69) is 31.2 Å². The van der Waals surface area contributed by atoms with Gasteiger partial charge in [-0.25, -0.2) is 0 Å². The third-order valence-corrected chi connectivity index (χ3v) is 4.72. The maximum Gasteiger partial charge on any atom is 0.134 e. The van der Waals surface area contributed by atoms with Crippen molar-refractivity contribution in [3.8, 4) is 5.75 Å². The lowest BCUT2D eigenvalue weighted by molar-refractivity contribution is 0.411. The molecule has 0 aliphatic heterocycles. The van der Waals surface area contributed by atoms with Gasteiger partial charge in [-0.2, -0.15) is 0 Å². The largest absolute Gasteiger partial charge is 0.496 e. The molecule has 0 spiro atoms. The molecule has 1 aliphatic carbocycles. The van der Waals surface area contributed by atoms with Crippen molar-refractivity contribution < 1.29 is 9.15 Å². The lowest BCUT2D eigenvalue weighted by Gasteiger charge is -2.07. The molecule has 1 heterocycles. The molecular weight excluding hydrogens is 272 g/mol. The number of benzene rings is 2. The zero-order valence-electron chi connectivity index (χ0n) is 13.1. The van der Waals surface area contributed by atoms with Crippen molar-refractivity contribution >= 4 is 11.0 Å². The molecular formula is C20H20O2. The summed E-state index contributed by atoms with van der Waals surface area (Å²) in [5, 5.41) is 1.27. The molecule has 0 radical (unpaired) electrons. The van der Waals surface area contributed by atoms with E-state index < -0.39 is 0 Å². The van der Waals surface area contributed by atoms with E-state index in [0.29, 0.717) is 0 Å². The van der Waals surface area contributed by atoms with Gasteiger partial charge < -0.3 is 9.15 Å². The molecule has 112 valence electrons. The summed E-state index contributed by atoms with van der Waals surface area (Å²) in [7, 11) is 1.71. The van der Waals surface area contributed by atoms with E-state index in [1.165, 1.54) is 52.5 Å². The molecule has 22 heavy (non-hydrogen) atoms. The van der Waals surface area contributed by atoms with E-state index in [0.717, 1.165) is 17.8 Å². The molecule has 0 saturated heterocycles. The average molecular weight is 292 g/mol. The zero-order valence-corrected chi connectivity index (χ0v) is 13.1. The van der Waals surface area contributed by atoms with Crippen LogP contribution in [0.4, 0.5) is 0 Å². The van der Waals surface area contributed by atoms with Crippen molar-refractivity contribution in [2.45, 2.75) is 32.6 Å². The molecule has 4 rings (SSSR count). The molecule has 0 fully saturated rings. The Kier molecular flexibility index (Phi) is 3.18. The number of fused-ring (bicyclic) bond motifs is 2. The van der Waals surface area contributed by atoms with Gasteiger partial charge >= 0.3 is 0 Å². The second kappa shape index (κ2) is 5.20. The number of methoxy groups -OCH3 is 1. The predicted octanol–water partition coefficient (Wildman–Crippen LogP) is 4.83. The van der Waals surface area contributed by atoms with Gasteiger partial charge in [-0.05, 0) is 66.6 Å². The molecule has 2 nitrogen and oxygen atoms in total. The smallest absolute Gasteiger partial charge is 0.134 e. The first-order chi connectivity index (χ1) is 10.7. The first kappa shape index (κ1) is 13.4. The van der Waals surface area contributed by atoms with Crippen LogP contribution in [0.3, 0.4) is 0 Å². The van der Waals surface area contributed by atoms with Gasteiger partial charge in [0.1, 0.15) is 11.3 Å². The Balaban J connectivity index is 1.71. The Bertz CT molecular complexity index is 842. The highest BCUT2D eigenvalue weighted by molar-refractivity contribution is 5.83. The summed E-state index contributed by atoms with van der Waals surface area (Å²) in [6.45, 7) is 2.09. The van der Waals surface area contributed by atoms with Gasteiger partial charge in [-0.1, -0.05) is 12.1 Å². The number of hydrogen-bond acceptors (Lipinski definition) is 2. The average Bonchev–Trinajstić information content (AvgIpc) is 3.12. The number of furan rings is 1. The third kappa shape index (κ3) is 2.19. The van der Waals surface area contributed by atoms with E-state index in [4.69, 9.17) is 9.15 Å². The molecule has 3 aromatic rings. The Morgan fingerprint density at radius 3 is 2.68 bits per heavy atom. The van der Waals surface area contributed by atoms with E-state index in [1.807, 2.05) is 12.3 Å². The SMILES string of the molecule is COc1ccc(Cc2coc3cc4c(cc23)CCC4)cc1C. The highest BCUT2D eigenvalue weighted by atomic mass is 16.5. The zero-order chi connectivity index (χ0) is 15.1. The van der Waals surface area contributed by atoms with Gasteiger partial charge in [0.05, 0.1) is 13.4 Å². The fourth-order valence-electron chi connectivity index (χ4n) is 3.56. The minimum Gasteiger partial charge on any atom is -0.496 e. The van der Waals surface area contributed by atoms with Gasteiger partial charge in [0.25, 0.3) is 0 Å². The third-order valence-electron chi connectivity index (χ3n) is 4.72. The monoisotopic (exact) mass is 292 g/mol. The van der Waals surface area contributed by atoms with Crippen LogP contribution in [0.15, 0.2) is 41.0 Å². The molecule has 1 aliphatic rings. The van der Waals surface area contributed by atoms with Crippen molar-refractivity contribution in [3.63, 3.8) is 0 Å². The van der Waals surface area contributed by atoms with Crippen LogP contribution in [0.5, 0.6) is 5.75 Å². The molecule has 0 unspecified atom stereocenters. The predicted molar refractivity (Wildman–Crippen MR) is 88.8 cm³/mol. The molecule has 0 N–H and O–H groups in total. The first-order valence-corrected chi connectivity index (χ1v) is 7.90. The maximum absolute atomic E-state index is 5.80. The van der Waals surface area contributed by atoms with E-state index in [-0.39, 0.29) is 0 Å². The van der Waals surface area contributed by atoms with Crippen LogP contribution >= 0.6 is 0 Å². The minimum atomic E-state index is 0.899. The van der Waals surface area contributed by atoms with Gasteiger partial charge in [0.15, 0.2) is 0 Å². The highest BCUT2D eigenvalue weighted by Crippen LogP contribution is 2.31. The van der Waals surface area contributed by atoms with E-state index in [1.54, 1.807) is 7.11 Å². The van der Waals surface area contributed by atoms with Crippen LogP contribution in [0.1, 0.15) is 34.2 Å². The maximum atomic E-state index is 5.80. The molecule has 0 bridgehead atoms. The van der Waals surface area contributed by atoms with Crippen LogP contribution in [0.2, 0.25) is 0 Å². The van der Waals surface area contributed by atoms with Crippen molar-refractivity contribution in [1.82, 2.24) is 0 Å². The molecule has 0 saturated carbocycles. The van der Waals surface area contributed by atoms with Crippen molar-refractivity contribution in [1.29, 1.82) is 0 Å². The number of hydrogen-bond donors (Lipinski definition) is 0. The van der Waals surface area contributed by atoms with Gasteiger partial charge in [-0.3, -0.25) is 0 Å². The topological polar surface area (TPSA) is 22.4 Å². The second-order valence-electron chi connectivity index (χ2n) is 6.21. The van der Waals surface area contributed by atoms with Crippen LogP contribution in [-0.4, -0.2) is 7.11 Å². The van der Waals surface area contributed by atoms with E-state index in [9.17, 15) is 0 Å². The molecule has 2 aromatic carbocycles. The van der Waals surface area contributed by atoms with Gasteiger partial charge in [-0.15, -0.1) is 0 Å². The van der Waals surface area contributed by atoms with Crippen molar-refractivity contribution in [2.24, 2.45) is 0 Å². The number of aryl methyl sites for hydroxylation is 3. The fraction of sp³-hybridized carbons (Fsp3) is 0.300. The van der Waals surface area contributed by atoms with Crippen LogP contribution in [-0.2, 0) is 19.3 Å². The summed E-state index contributed by atoms with van der Waals surface area (Å²) >= 11 is 0.